The predicted octanol–water partition coefficient (Wildman–Crippen LogP) is 0.974. The molecule has 2 aliphatic carbocycles. The van der Waals surface area contributed by atoms with Gasteiger partial charge in [-0.15, -0.1) is 0 Å². The lowest BCUT2D eigenvalue weighted by molar-refractivity contribution is -0.120. The molecule has 0 spiro atoms. The Morgan fingerprint density at radius 1 is 1.42 bits per heavy atom. The SMILES string of the molecule is CNC1=C(O)C2CCC(C2)C1=O. The van der Waals surface area contributed by atoms with E-state index >= 15 is 0 Å². The molecular formula is C9H13NO2. The average Bonchev–Trinajstić information content (AvgIpc) is 2.48. The van der Waals surface area contributed by atoms with E-state index in [-0.39, 0.29) is 23.4 Å². The lowest BCUT2D eigenvalue weighted by atomic mass is 9.90. The fraction of sp³-hybridized carbons (Fsp3) is 0.667. The minimum atomic E-state index is 0.101. The van der Waals surface area contributed by atoms with Crippen molar-refractivity contribution >= 4 is 5.78 Å². The number of aliphatic hydroxyl groups is 1. The van der Waals surface area contributed by atoms with E-state index in [1.165, 1.54) is 0 Å². The minimum Gasteiger partial charge on any atom is -0.510 e. The van der Waals surface area contributed by atoms with Crippen molar-refractivity contribution in [3.8, 4) is 0 Å². The van der Waals surface area contributed by atoms with Crippen LogP contribution in [0.5, 0.6) is 0 Å². The van der Waals surface area contributed by atoms with Gasteiger partial charge in [0.2, 0.25) is 0 Å². The van der Waals surface area contributed by atoms with Crippen molar-refractivity contribution in [1.82, 2.24) is 5.32 Å². The van der Waals surface area contributed by atoms with Gasteiger partial charge in [0.05, 0.1) is 0 Å². The fourth-order valence-electron chi connectivity index (χ4n) is 2.25. The maximum Gasteiger partial charge on any atom is 0.185 e. The first kappa shape index (κ1) is 7.65. The topological polar surface area (TPSA) is 49.3 Å². The summed E-state index contributed by atoms with van der Waals surface area (Å²) in [5, 5.41) is 12.4. The summed E-state index contributed by atoms with van der Waals surface area (Å²) in [5.41, 5.74) is 0.453. The molecule has 2 atom stereocenters. The molecule has 3 heteroatoms. The second kappa shape index (κ2) is 2.51. The molecule has 2 rings (SSSR count). The van der Waals surface area contributed by atoms with Crippen LogP contribution in [0, 0.1) is 11.8 Å². The van der Waals surface area contributed by atoms with Crippen LogP contribution >= 0.6 is 0 Å². The zero-order valence-electron chi connectivity index (χ0n) is 7.13. The first-order valence-electron chi connectivity index (χ1n) is 4.39. The molecule has 2 N–H and O–H groups in total. The van der Waals surface area contributed by atoms with Crippen molar-refractivity contribution in [2.75, 3.05) is 7.05 Å². The van der Waals surface area contributed by atoms with Crippen LogP contribution in [-0.4, -0.2) is 17.9 Å². The molecule has 0 aromatic heterocycles. The van der Waals surface area contributed by atoms with Gasteiger partial charge in [-0.1, -0.05) is 0 Å². The molecule has 0 aromatic rings. The third-order valence-electron chi connectivity index (χ3n) is 2.94. The number of hydrogen-bond donors (Lipinski definition) is 2. The summed E-state index contributed by atoms with van der Waals surface area (Å²) in [6, 6.07) is 0. The average molecular weight is 167 g/mol. The van der Waals surface area contributed by atoms with E-state index < -0.39 is 0 Å². The number of carbonyl (C=O) groups is 1. The molecule has 3 nitrogen and oxygen atoms in total. The van der Waals surface area contributed by atoms with Crippen LogP contribution < -0.4 is 5.32 Å². The molecule has 66 valence electrons. The number of aliphatic hydroxyl groups excluding tert-OH is 1. The highest BCUT2D eigenvalue weighted by Gasteiger charge is 2.40. The summed E-state index contributed by atoms with van der Waals surface area (Å²) in [5.74, 6) is 0.809. The molecule has 0 heterocycles. The number of ketones is 1. The van der Waals surface area contributed by atoms with Gasteiger partial charge >= 0.3 is 0 Å². The monoisotopic (exact) mass is 167 g/mol. The van der Waals surface area contributed by atoms with Gasteiger partial charge in [0.1, 0.15) is 11.5 Å². The number of hydrogen-bond acceptors (Lipinski definition) is 3. The van der Waals surface area contributed by atoms with Crippen LogP contribution in [0.4, 0.5) is 0 Å². The highest BCUT2D eigenvalue weighted by Crippen LogP contribution is 2.41. The second-order valence-electron chi connectivity index (χ2n) is 3.58. The van der Waals surface area contributed by atoms with Crippen LogP contribution in [0.1, 0.15) is 19.3 Å². The van der Waals surface area contributed by atoms with Gasteiger partial charge in [0, 0.05) is 18.9 Å². The van der Waals surface area contributed by atoms with Gasteiger partial charge in [0.15, 0.2) is 5.78 Å². The van der Waals surface area contributed by atoms with E-state index in [1.807, 2.05) is 0 Å². The lowest BCUT2D eigenvalue weighted by Crippen LogP contribution is -2.28. The van der Waals surface area contributed by atoms with Crippen LogP contribution in [0.15, 0.2) is 11.5 Å². The molecule has 0 aliphatic heterocycles. The third-order valence-corrected chi connectivity index (χ3v) is 2.94. The van der Waals surface area contributed by atoms with Gasteiger partial charge in [-0.2, -0.15) is 0 Å². The Hall–Kier alpha value is -0.990. The summed E-state index contributed by atoms with van der Waals surface area (Å²) in [7, 11) is 1.69. The van der Waals surface area contributed by atoms with Crippen LogP contribution in [0.25, 0.3) is 0 Å². The van der Waals surface area contributed by atoms with E-state index in [4.69, 9.17) is 0 Å². The maximum absolute atomic E-state index is 11.5. The maximum atomic E-state index is 11.5. The molecule has 2 bridgehead atoms. The van der Waals surface area contributed by atoms with E-state index in [1.54, 1.807) is 7.05 Å². The third kappa shape index (κ3) is 0.854. The van der Waals surface area contributed by atoms with Crippen molar-refractivity contribution < 1.29 is 9.90 Å². The fourth-order valence-corrected chi connectivity index (χ4v) is 2.25. The van der Waals surface area contributed by atoms with Crippen molar-refractivity contribution in [1.29, 1.82) is 0 Å². The first-order chi connectivity index (χ1) is 5.74. The smallest absolute Gasteiger partial charge is 0.185 e. The van der Waals surface area contributed by atoms with Gasteiger partial charge in [0.25, 0.3) is 0 Å². The summed E-state index contributed by atoms with van der Waals surface area (Å²) >= 11 is 0. The quantitative estimate of drug-likeness (QED) is 0.612. The normalized spacial score (nSPS) is 34.2. The number of Topliss-reactive ketones (excluding diaryl/α,β-unsaturated/α-hetero) is 1. The second-order valence-corrected chi connectivity index (χ2v) is 3.58. The van der Waals surface area contributed by atoms with E-state index in [0.717, 1.165) is 19.3 Å². The largest absolute Gasteiger partial charge is 0.510 e. The van der Waals surface area contributed by atoms with Crippen LogP contribution in [0.2, 0.25) is 0 Å². The zero-order valence-corrected chi connectivity index (χ0v) is 7.13. The number of fused-ring (bicyclic) bond motifs is 2. The molecule has 0 aromatic carbocycles. The Balaban J connectivity index is 2.39. The molecule has 2 aliphatic rings. The zero-order chi connectivity index (χ0) is 8.72. The van der Waals surface area contributed by atoms with Crippen molar-refractivity contribution in [2.45, 2.75) is 19.3 Å². The van der Waals surface area contributed by atoms with Crippen LogP contribution in [0.3, 0.4) is 0 Å². The first-order valence-corrected chi connectivity index (χ1v) is 4.39. The molecule has 1 fully saturated rings. The highest BCUT2D eigenvalue weighted by atomic mass is 16.3. The summed E-state index contributed by atoms with van der Waals surface area (Å²) in [6.45, 7) is 0. The summed E-state index contributed by atoms with van der Waals surface area (Å²) in [6.07, 6.45) is 2.77. The van der Waals surface area contributed by atoms with E-state index in [2.05, 4.69) is 5.32 Å². The van der Waals surface area contributed by atoms with Gasteiger partial charge in [-0.3, -0.25) is 4.79 Å². The number of nitrogens with one attached hydrogen (secondary N) is 1. The van der Waals surface area contributed by atoms with Gasteiger partial charge in [-0.25, -0.2) is 0 Å². The standard InChI is InChI=1S/C9H13NO2/c1-10-7-8(11)5-2-3-6(4-5)9(7)12/h5-6,10-11H,2-4H2,1H3. The molecule has 0 amide bonds. The molecule has 1 saturated carbocycles. The van der Waals surface area contributed by atoms with Gasteiger partial charge < -0.3 is 10.4 Å². The number of rotatable bonds is 1. The molecule has 0 radical (unpaired) electrons. The number of likely N-dealkylation sites (N-methyl/N-ethyl adjacent to an activating group) is 1. The van der Waals surface area contributed by atoms with Crippen molar-refractivity contribution in [2.24, 2.45) is 11.8 Å². The summed E-state index contributed by atoms with van der Waals surface area (Å²) in [4.78, 5) is 11.5. The molecule has 0 saturated heterocycles. The number of carbonyl (C=O) groups excluding carboxylic acids is 1. The Morgan fingerprint density at radius 3 is 2.75 bits per heavy atom. The Morgan fingerprint density at radius 2 is 2.08 bits per heavy atom. The summed E-state index contributed by atoms with van der Waals surface area (Å²) < 4.78 is 0. The van der Waals surface area contributed by atoms with Gasteiger partial charge in [-0.05, 0) is 19.3 Å². The molecule has 12 heavy (non-hydrogen) atoms. The van der Waals surface area contributed by atoms with Crippen molar-refractivity contribution in [3.63, 3.8) is 0 Å². The van der Waals surface area contributed by atoms with E-state index in [9.17, 15) is 9.90 Å². The van der Waals surface area contributed by atoms with Crippen molar-refractivity contribution in [3.05, 3.63) is 11.5 Å². The van der Waals surface area contributed by atoms with Crippen LogP contribution in [-0.2, 0) is 4.79 Å². The Labute approximate surface area is 71.5 Å². The molecule has 2 unspecified atom stereocenters. The van der Waals surface area contributed by atoms with E-state index in [0.29, 0.717) is 5.70 Å². The number of allylic oxidation sites excluding steroid dienone is 2. The Bertz CT molecular complexity index is 257. The Kier molecular flexibility index (Phi) is 1.60. The minimum absolute atomic E-state index is 0.101. The molecular weight excluding hydrogens is 154 g/mol. The predicted molar refractivity (Wildman–Crippen MR) is 44.6 cm³/mol. The highest BCUT2D eigenvalue weighted by molar-refractivity contribution is 5.98. The lowest BCUT2D eigenvalue weighted by Gasteiger charge is -2.20.